The number of thiazole rings is 1. The Kier molecular flexibility index (Phi) is 4.82. The molecule has 1 aromatic carbocycles. The highest BCUT2D eigenvalue weighted by atomic mass is 32.1. The number of carbonyl (C=O) groups excluding carboxylic acids is 1. The molecule has 0 saturated heterocycles. The first-order valence-electron chi connectivity index (χ1n) is 8.01. The van der Waals surface area contributed by atoms with Crippen molar-refractivity contribution < 1.29 is 4.79 Å². The van der Waals surface area contributed by atoms with Crippen molar-refractivity contribution in [3.05, 3.63) is 38.7 Å². The third-order valence-electron chi connectivity index (χ3n) is 4.34. The molecule has 0 bridgehead atoms. The van der Waals surface area contributed by atoms with Crippen LogP contribution in [0.15, 0.2) is 24.3 Å². The second-order valence-corrected chi connectivity index (χ2v) is 7.54. The molecule has 6 heteroatoms. The quantitative estimate of drug-likeness (QED) is 0.819. The van der Waals surface area contributed by atoms with Gasteiger partial charge in [-0.1, -0.05) is 43.2 Å². The van der Waals surface area contributed by atoms with E-state index in [1.165, 1.54) is 29.7 Å². The summed E-state index contributed by atoms with van der Waals surface area (Å²) in [5.74, 6) is 0.328. The minimum atomic E-state index is -0.102. The predicted octanol–water partition coefficient (Wildman–Crippen LogP) is 4.09. The second-order valence-electron chi connectivity index (χ2n) is 5.89. The molecule has 1 aromatic heterocycles. The molecule has 0 spiro atoms. The minimum absolute atomic E-state index is 0.102. The van der Waals surface area contributed by atoms with Gasteiger partial charge in [0.25, 0.3) is 5.91 Å². The molecular formula is C17H21N3OS2. The number of nitrogens with one attached hydrogen (secondary N) is 1. The lowest BCUT2D eigenvalue weighted by molar-refractivity contribution is 0.0942. The Hall–Kier alpha value is -1.66. The zero-order chi connectivity index (χ0) is 16.4. The third kappa shape index (κ3) is 3.33. The maximum absolute atomic E-state index is 12.5. The number of anilines is 1. The third-order valence-corrected chi connectivity index (χ3v) is 5.73. The van der Waals surface area contributed by atoms with Crippen molar-refractivity contribution in [1.29, 1.82) is 0 Å². The molecule has 3 rings (SSSR count). The topological polar surface area (TPSA) is 60.0 Å². The summed E-state index contributed by atoms with van der Waals surface area (Å²) in [4.78, 5) is 13.0. The zero-order valence-electron chi connectivity index (χ0n) is 13.2. The standard InChI is InChI=1S/C17H21N3OS2/c1-2-11-7-9-13(10-8-11)20-15(18)14(23-17(20)22)16(21)19-12-5-3-4-6-12/h7-10,12H,2-6,18H2,1H3,(H,19,21). The lowest BCUT2D eigenvalue weighted by atomic mass is 10.1. The largest absolute Gasteiger partial charge is 0.383 e. The van der Waals surface area contributed by atoms with Gasteiger partial charge in [-0.15, -0.1) is 0 Å². The first-order chi connectivity index (χ1) is 11.1. The Morgan fingerprint density at radius 2 is 2.00 bits per heavy atom. The maximum Gasteiger partial charge on any atom is 0.265 e. The lowest BCUT2D eigenvalue weighted by Gasteiger charge is -2.11. The molecule has 4 nitrogen and oxygen atoms in total. The van der Waals surface area contributed by atoms with E-state index in [2.05, 4.69) is 24.4 Å². The van der Waals surface area contributed by atoms with E-state index >= 15 is 0 Å². The van der Waals surface area contributed by atoms with Crippen molar-refractivity contribution in [2.45, 2.75) is 45.1 Å². The van der Waals surface area contributed by atoms with Gasteiger partial charge in [-0.3, -0.25) is 9.36 Å². The Morgan fingerprint density at radius 1 is 1.35 bits per heavy atom. The van der Waals surface area contributed by atoms with E-state index in [9.17, 15) is 4.79 Å². The number of nitrogen functional groups attached to an aromatic ring is 1. The van der Waals surface area contributed by atoms with E-state index in [-0.39, 0.29) is 11.9 Å². The van der Waals surface area contributed by atoms with E-state index in [0.29, 0.717) is 14.6 Å². The molecule has 0 atom stereocenters. The van der Waals surface area contributed by atoms with Gasteiger partial charge in [-0.05, 0) is 49.2 Å². The highest BCUT2D eigenvalue weighted by Gasteiger charge is 2.22. The number of carbonyl (C=O) groups is 1. The number of rotatable bonds is 4. The monoisotopic (exact) mass is 347 g/mol. The molecule has 3 N–H and O–H groups in total. The fourth-order valence-corrected chi connectivity index (χ4v) is 4.27. The van der Waals surface area contributed by atoms with Crippen LogP contribution in [0.25, 0.3) is 5.69 Å². The van der Waals surface area contributed by atoms with Gasteiger partial charge in [0.05, 0.1) is 0 Å². The van der Waals surface area contributed by atoms with E-state index in [1.54, 1.807) is 4.57 Å². The van der Waals surface area contributed by atoms with Crippen LogP contribution in [-0.4, -0.2) is 16.5 Å². The van der Waals surface area contributed by atoms with Gasteiger partial charge in [-0.2, -0.15) is 0 Å². The van der Waals surface area contributed by atoms with Crippen molar-refractivity contribution in [2.24, 2.45) is 0 Å². The molecular weight excluding hydrogens is 326 g/mol. The normalized spacial score (nSPS) is 15.0. The summed E-state index contributed by atoms with van der Waals surface area (Å²) >= 11 is 6.71. The van der Waals surface area contributed by atoms with Crippen LogP contribution in [-0.2, 0) is 6.42 Å². The van der Waals surface area contributed by atoms with Crippen LogP contribution in [0.1, 0.15) is 47.8 Å². The van der Waals surface area contributed by atoms with Crippen LogP contribution in [0.4, 0.5) is 5.82 Å². The molecule has 23 heavy (non-hydrogen) atoms. The summed E-state index contributed by atoms with van der Waals surface area (Å²) in [6.07, 6.45) is 5.45. The Labute approximate surface area is 145 Å². The fourth-order valence-electron chi connectivity index (χ4n) is 2.99. The number of aromatic nitrogens is 1. The van der Waals surface area contributed by atoms with E-state index < -0.39 is 0 Å². The summed E-state index contributed by atoms with van der Waals surface area (Å²) < 4.78 is 2.38. The number of hydrogen-bond donors (Lipinski definition) is 2. The Bertz CT molecular complexity index is 755. The smallest absolute Gasteiger partial charge is 0.265 e. The van der Waals surface area contributed by atoms with Crippen molar-refractivity contribution in [3.8, 4) is 5.69 Å². The number of aryl methyl sites for hydroxylation is 1. The second kappa shape index (κ2) is 6.84. The first kappa shape index (κ1) is 16.2. The number of nitrogens with zero attached hydrogens (tertiary/aromatic N) is 1. The molecule has 0 unspecified atom stereocenters. The van der Waals surface area contributed by atoms with E-state index in [1.807, 2.05) is 12.1 Å². The SMILES string of the molecule is CCc1ccc(-n2c(N)c(C(=O)NC3CCCC3)sc2=S)cc1. The minimum Gasteiger partial charge on any atom is -0.383 e. The molecule has 2 aromatic rings. The van der Waals surface area contributed by atoms with Crippen molar-refractivity contribution in [3.63, 3.8) is 0 Å². The number of hydrogen-bond acceptors (Lipinski definition) is 4. The number of nitrogens with two attached hydrogens (primary N) is 1. The molecule has 122 valence electrons. The summed E-state index contributed by atoms with van der Waals surface area (Å²) in [6, 6.07) is 8.39. The van der Waals surface area contributed by atoms with Gasteiger partial charge < -0.3 is 11.1 Å². The number of benzene rings is 1. The fraction of sp³-hybridized carbons (Fsp3) is 0.412. The zero-order valence-corrected chi connectivity index (χ0v) is 14.8. The van der Waals surface area contributed by atoms with Crippen LogP contribution in [0.5, 0.6) is 0 Å². The highest BCUT2D eigenvalue weighted by molar-refractivity contribution is 7.73. The van der Waals surface area contributed by atoms with Gasteiger partial charge >= 0.3 is 0 Å². The van der Waals surface area contributed by atoms with Crippen molar-refractivity contribution >= 4 is 35.3 Å². The van der Waals surface area contributed by atoms with Crippen LogP contribution < -0.4 is 11.1 Å². The van der Waals surface area contributed by atoms with Gasteiger partial charge in [0.1, 0.15) is 10.7 Å². The molecule has 1 saturated carbocycles. The molecule has 1 heterocycles. The molecule has 0 radical (unpaired) electrons. The van der Waals surface area contributed by atoms with Gasteiger partial charge in [0, 0.05) is 11.7 Å². The van der Waals surface area contributed by atoms with Crippen LogP contribution in [0.3, 0.4) is 0 Å². The number of amides is 1. The summed E-state index contributed by atoms with van der Waals surface area (Å²) in [6.45, 7) is 2.12. The van der Waals surface area contributed by atoms with E-state index in [0.717, 1.165) is 24.9 Å². The summed E-state index contributed by atoms with van der Waals surface area (Å²) in [7, 11) is 0. The highest BCUT2D eigenvalue weighted by Crippen LogP contribution is 2.27. The van der Waals surface area contributed by atoms with Crippen LogP contribution in [0.2, 0.25) is 0 Å². The molecule has 1 aliphatic carbocycles. The van der Waals surface area contributed by atoms with Crippen molar-refractivity contribution in [2.75, 3.05) is 5.73 Å². The maximum atomic E-state index is 12.5. The average Bonchev–Trinajstić information content (AvgIpc) is 3.15. The molecule has 1 amide bonds. The lowest BCUT2D eigenvalue weighted by Crippen LogP contribution is -2.32. The Balaban J connectivity index is 1.89. The predicted molar refractivity (Wildman–Crippen MR) is 98.0 cm³/mol. The molecule has 0 aliphatic heterocycles. The van der Waals surface area contributed by atoms with Gasteiger partial charge in [0.2, 0.25) is 0 Å². The van der Waals surface area contributed by atoms with Crippen molar-refractivity contribution in [1.82, 2.24) is 9.88 Å². The van der Waals surface area contributed by atoms with Gasteiger partial charge in [-0.25, -0.2) is 0 Å². The van der Waals surface area contributed by atoms with Crippen LogP contribution in [0, 0.1) is 3.95 Å². The van der Waals surface area contributed by atoms with Gasteiger partial charge in [0.15, 0.2) is 3.95 Å². The Morgan fingerprint density at radius 3 is 2.61 bits per heavy atom. The summed E-state index contributed by atoms with van der Waals surface area (Å²) in [5, 5.41) is 3.08. The first-order valence-corrected chi connectivity index (χ1v) is 9.24. The van der Waals surface area contributed by atoms with E-state index in [4.69, 9.17) is 18.0 Å². The average molecular weight is 348 g/mol. The van der Waals surface area contributed by atoms with Crippen LogP contribution >= 0.6 is 23.6 Å². The molecule has 1 aliphatic rings. The summed E-state index contributed by atoms with van der Waals surface area (Å²) in [5.41, 5.74) is 8.39. The molecule has 1 fully saturated rings.